The molecule has 2 saturated carbocycles. The van der Waals surface area contributed by atoms with Crippen molar-refractivity contribution in [1.29, 1.82) is 0 Å². The maximum Gasteiger partial charge on any atom is 0 e. The molecule has 0 N–H and O–H groups in total. The molecule has 0 heteroatoms. The molecule has 0 spiro atoms. The van der Waals surface area contributed by atoms with Crippen molar-refractivity contribution in [2.24, 2.45) is 0 Å². The Labute approximate surface area is 86.6 Å². The monoisotopic (exact) mass is 187 g/mol. The molecule has 2 aliphatic carbocycles. The Morgan fingerprint density at radius 2 is 0.385 bits per heavy atom. The van der Waals surface area contributed by atoms with Crippen molar-refractivity contribution in [1.82, 2.24) is 0 Å². The summed E-state index contributed by atoms with van der Waals surface area (Å²) in [6.45, 7) is 0. The lowest BCUT2D eigenvalue weighted by Crippen LogP contribution is -1.85. The fraction of sp³-hybridized carbons (Fsp3) is 1.00. The normalized spacial score (nSPS) is 22.2. The quantitative estimate of drug-likeness (QED) is 0.465. The van der Waals surface area contributed by atoms with Gasteiger partial charge in [0, 0.05) is 1.43 Å². The van der Waals surface area contributed by atoms with E-state index in [0.29, 0.717) is 0 Å². The van der Waals surface area contributed by atoms with Crippen molar-refractivity contribution < 1.29 is 1.43 Å². The van der Waals surface area contributed by atoms with Crippen molar-refractivity contribution >= 4 is 0 Å². The van der Waals surface area contributed by atoms with Gasteiger partial charge in [-0.05, 0) is 0 Å². The van der Waals surface area contributed by atoms with Crippen LogP contribution in [0.2, 0.25) is 0 Å². The molecule has 0 aromatic heterocycles. The van der Waals surface area contributed by atoms with Crippen LogP contribution < -0.4 is 0 Å². The third kappa shape index (κ3) is 8.33. The van der Waals surface area contributed by atoms with Gasteiger partial charge in [-0.2, -0.15) is 0 Å². The Morgan fingerprint density at radius 3 is 0.462 bits per heavy atom. The van der Waals surface area contributed by atoms with Gasteiger partial charge in [-0.3, -0.25) is 0 Å². The largest absolute Gasteiger partial charge is 0.0776 e. The second-order valence-corrected chi connectivity index (χ2v) is 4.24. The molecule has 0 aromatic carbocycles. The summed E-state index contributed by atoms with van der Waals surface area (Å²) in [6, 6.07) is 0. The minimum atomic E-state index is 0. The Kier molecular flexibility index (Phi) is 10.1. The van der Waals surface area contributed by atoms with E-state index in [4.69, 9.17) is 0 Å². The van der Waals surface area contributed by atoms with E-state index in [2.05, 4.69) is 0 Å². The van der Waals surface area contributed by atoms with Gasteiger partial charge in [-0.25, -0.2) is 0 Å². The molecular weight excluding hydrogens is 156 g/mol. The molecule has 0 bridgehead atoms. The van der Waals surface area contributed by atoms with E-state index in [-0.39, 0.29) is 8.85 Å². The zero-order chi connectivity index (χ0) is 8.49. The maximum atomic E-state index is 1.50. The van der Waals surface area contributed by atoms with Crippen LogP contribution in [0.5, 0.6) is 0 Å². The van der Waals surface area contributed by atoms with Gasteiger partial charge in [-0.15, -0.1) is 0 Å². The summed E-state index contributed by atoms with van der Waals surface area (Å²) < 4.78 is 0. The third-order valence-corrected chi connectivity index (χ3v) is 3.00. The standard InChI is InChI=1S/2C6H12.CH4.H2/c2*1-2-4-6-5-3-1;;/h2*1-6H2;1H4;1H/i;;;1+1. The van der Waals surface area contributed by atoms with Gasteiger partial charge < -0.3 is 0 Å². The second kappa shape index (κ2) is 10.1. The minimum absolute atomic E-state index is 0. The van der Waals surface area contributed by atoms with Crippen LogP contribution in [0.1, 0.15) is 85.9 Å². The topological polar surface area (TPSA) is 0 Å². The number of hydrogen-bond donors (Lipinski definition) is 0. The summed E-state index contributed by atoms with van der Waals surface area (Å²) in [6.07, 6.45) is 18.0. The third-order valence-electron chi connectivity index (χ3n) is 3.00. The molecule has 0 aromatic rings. The Bertz CT molecular complexity index is 48.2. The predicted octanol–water partition coefficient (Wildman–Crippen LogP) is 5.56. The molecule has 0 heterocycles. The van der Waals surface area contributed by atoms with E-state index >= 15 is 0 Å². The van der Waals surface area contributed by atoms with Crippen molar-refractivity contribution in [2.45, 2.75) is 84.5 Å². The second-order valence-electron chi connectivity index (χ2n) is 4.24. The van der Waals surface area contributed by atoms with E-state index in [0.717, 1.165) is 0 Å². The van der Waals surface area contributed by atoms with Crippen molar-refractivity contribution in [2.75, 3.05) is 0 Å². The molecule has 0 nitrogen and oxygen atoms in total. The van der Waals surface area contributed by atoms with E-state index in [1.165, 1.54) is 77.0 Å². The summed E-state index contributed by atoms with van der Waals surface area (Å²) in [7, 11) is 0. The van der Waals surface area contributed by atoms with Gasteiger partial charge in [0.2, 0.25) is 0 Å². The smallest absolute Gasteiger partial charge is 0 e. The van der Waals surface area contributed by atoms with Crippen molar-refractivity contribution in [3.63, 3.8) is 0 Å². The first-order valence-electron chi connectivity index (χ1n) is 6.00. The average molecular weight is 187 g/mol. The van der Waals surface area contributed by atoms with Crippen LogP contribution in [0.15, 0.2) is 0 Å². The van der Waals surface area contributed by atoms with Crippen LogP contribution in [-0.2, 0) is 0 Å². The average Bonchev–Trinajstić information content (AvgIpc) is 2.24. The molecular formula is C13H30. The van der Waals surface area contributed by atoms with Crippen LogP contribution >= 0.6 is 0 Å². The first-order chi connectivity index (χ1) is 6.00. The first kappa shape index (κ1) is 13.0. The molecule has 2 rings (SSSR count). The Hall–Kier alpha value is 0. The Morgan fingerprint density at radius 1 is 0.308 bits per heavy atom. The molecule has 0 atom stereocenters. The van der Waals surface area contributed by atoms with E-state index in [1.54, 1.807) is 0 Å². The number of rotatable bonds is 0. The summed E-state index contributed by atoms with van der Waals surface area (Å²) >= 11 is 0. The van der Waals surface area contributed by atoms with Crippen molar-refractivity contribution in [3.05, 3.63) is 0 Å². The molecule has 2 aliphatic rings. The predicted molar refractivity (Wildman–Crippen MR) is 64.2 cm³/mol. The molecule has 0 unspecified atom stereocenters. The van der Waals surface area contributed by atoms with Crippen LogP contribution in [0, 0.1) is 0 Å². The first-order valence-corrected chi connectivity index (χ1v) is 6.00. The van der Waals surface area contributed by atoms with Crippen molar-refractivity contribution in [3.8, 4) is 0 Å². The highest BCUT2D eigenvalue weighted by molar-refractivity contribution is 4.51. The van der Waals surface area contributed by atoms with Crippen LogP contribution in [0.3, 0.4) is 0 Å². The zero-order valence-corrected chi connectivity index (χ0v) is 8.49. The molecule has 0 radical (unpaired) electrons. The molecule has 0 aliphatic heterocycles. The lowest BCUT2D eigenvalue weighted by Gasteiger charge is -2.05. The van der Waals surface area contributed by atoms with Gasteiger partial charge >= 0.3 is 0 Å². The fourth-order valence-corrected chi connectivity index (χ4v) is 2.12. The van der Waals surface area contributed by atoms with Gasteiger partial charge in [0.1, 0.15) is 0 Å². The van der Waals surface area contributed by atoms with Gasteiger partial charge in [0.25, 0.3) is 0 Å². The highest BCUT2D eigenvalue weighted by Crippen LogP contribution is 2.15. The van der Waals surface area contributed by atoms with Gasteiger partial charge in [0.05, 0.1) is 0 Å². The summed E-state index contributed by atoms with van der Waals surface area (Å²) in [5.74, 6) is 0. The summed E-state index contributed by atoms with van der Waals surface area (Å²) in [4.78, 5) is 0. The molecule has 2 fully saturated rings. The van der Waals surface area contributed by atoms with Crippen LogP contribution in [-0.4, -0.2) is 0 Å². The molecule has 0 saturated heterocycles. The lowest BCUT2D eigenvalue weighted by molar-refractivity contribution is 0.504. The zero-order valence-electron chi connectivity index (χ0n) is 8.49. The molecule has 13 heavy (non-hydrogen) atoms. The lowest BCUT2D eigenvalue weighted by atomic mass is 10.0. The minimum Gasteiger partial charge on any atom is -0.0776 e. The van der Waals surface area contributed by atoms with Gasteiger partial charge in [-0.1, -0.05) is 84.5 Å². The maximum absolute atomic E-state index is 1.50. The fourth-order valence-electron chi connectivity index (χ4n) is 2.12. The number of hydrogen-bond acceptors (Lipinski definition) is 0. The van der Waals surface area contributed by atoms with E-state index in [1.807, 2.05) is 0 Å². The summed E-state index contributed by atoms with van der Waals surface area (Å²) in [5.41, 5.74) is 0. The van der Waals surface area contributed by atoms with Gasteiger partial charge in [0.15, 0.2) is 0 Å². The van der Waals surface area contributed by atoms with Crippen LogP contribution in [0.4, 0.5) is 0 Å². The SMILES string of the molecule is C.C1CCCCC1.C1CCCCC1.[2HH]. The molecule has 82 valence electrons. The van der Waals surface area contributed by atoms with E-state index in [9.17, 15) is 0 Å². The highest BCUT2D eigenvalue weighted by Gasteiger charge is 1.96. The summed E-state index contributed by atoms with van der Waals surface area (Å²) in [5, 5.41) is 0. The highest BCUT2D eigenvalue weighted by atomic mass is 14.0. The molecule has 0 amide bonds. The van der Waals surface area contributed by atoms with Crippen LogP contribution in [0.25, 0.3) is 0 Å². The van der Waals surface area contributed by atoms with E-state index < -0.39 is 0 Å². The Balaban J connectivity index is 0.